The Labute approximate surface area is 152 Å². The van der Waals surface area contributed by atoms with Gasteiger partial charge in [-0.2, -0.15) is 13.9 Å². The smallest absolute Gasteiger partial charge is 0.387 e. The Morgan fingerprint density at radius 3 is 2.92 bits per heavy atom. The Bertz CT molecular complexity index is 696. The van der Waals surface area contributed by atoms with Gasteiger partial charge in [-0.1, -0.05) is 6.07 Å². The topological polar surface area (TPSA) is 51.1 Å². The van der Waals surface area contributed by atoms with E-state index in [9.17, 15) is 8.78 Å². The fraction of sp³-hybridized carbons (Fsp3) is 0.333. The number of ether oxygens (including phenoxy) is 1. The maximum absolute atomic E-state index is 12.4. The maximum atomic E-state index is 12.4. The molecule has 0 fully saturated rings. The van der Waals surface area contributed by atoms with Gasteiger partial charge in [-0.05, 0) is 59.2 Å². The molecule has 2 aromatic rings. The molecule has 9 heteroatoms. The molecule has 1 aromatic heterocycles. The van der Waals surface area contributed by atoms with Crippen LogP contribution in [0.25, 0.3) is 0 Å². The number of anilines is 1. The van der Waals surface area contributed by atoms with E-state index in [0.717, 1.165) is 23.0 Å². The molecule has 130 valence electrons. The highest BCUT2D eigenvalue weighted by Crippen LogP contribution is 2.27. The van der Waals surface area contributed by atoms with Crippen molar-refractivity contribution >= 4 is 38.9 Å². The zero-order valence-corrected chi connectivity index (χ0v) is 15.3. The SMILES string of the molecule is Cc1ccc(OC(F)F)c(NC(=S)NCCCn2cc(Br)cn2)c1. The van der Waals surface area contributed by atoms with Crippen molar-refractivity contribution in [2.45, 2.75) is 26.5 Å². The Balaban J connectivity index is 1.82. The van der Waals surface area contributed by atoms with Crippen molar-refractivity contribution in [2.24, 2.45) is 0 Å². The minimum atomic E-state index is -2.89. The molecule has 2 rings (SSSR count). The Kier molecular flexibility index (Phi) is 6.92. The lowest BCUT2D eigenvalue weighted by Crippen LogP contribution is -2.30. The van der Waals surface area contributed by atoms with Gasteiger partial charge < -0.3 is 15.4 Å². The summed E-state index contributed by atoms with van der Waals surface area (Å²) in [6.07, 6.45) is 4.42. The van der Waals surface area contributed by atoms with Crippen LogP contribution >= 0.6 is 28.1 Å². The molecule has 0 spiro atoms. The molecule has 5 nitrogen and oxygen atoms in total. The molecule has 24 heavy (non-hydrogen) atoms. The summed E-state index contributed by atoms with van der Waals surface area (Å²) >= 11 is 8.53. The van der Waals surface area contributed by atoms with Crippen molar-refractivity contribution in [3.63, 3.8) is 0 Å². The van der Waals surface area contributed by atoms with Crippen LogP contribution in [0.15, 0.2) is 35.1 Å². The van der Waals surface area contributed by atoms with Gasteiger partial charge in [0.1, 0.15) is 5.75 Å². The highest BCUT2D eigenvalue weighted by molar-refractivity contribution is 9.10. The monoisotopic (exact) mass is 418 g/mol. The number of nitrogens with one attached hydrogen (secondary N) is 2. The van der Waals surface area contributed by atoms with Gasteiger partial charge in [0.2, 0.25) is 0 Å². The van der Waals surface area contributed by atoms with Gasteiger partial charge in [0.25, 0.3) is 0 Å². The number of hydrogen-bond acceptors (Lipinski definition) is 3. The maximum Gasteiger partial charge on any atom is 0.387 e. The fourth-order valence-electron chi connectivity index (χ4n) is 2.01. The first-order valence-electron chi connectivity index (χ1n) is 7.22. The number of nitrogens with zero attached hydrogens (tertiary/aromatic N) is 2. The Hall–Kier alpha value is -1.74. The molecule has 0 amide bonds. The second-order valence-corrected chi connectivity index (χ2v) is 6.36. The fourth-order valence-corrected chi connectivity index (χ4v) is 2.55. The molecule has 0 aliphatic heterocycles. The molecule has 0 radical (unpaired) electrons. The van der Waals surface area contributed by atoms with Crippen LogP contribution in [0.3, 0.4) is 0 Å². The second kappa shape index (κ2) is 8.93. The molecule has 0 atom stereocenters. The van der Waals surface area contributed by atoms with E-state index >= 15 is 0 Å². The molecule has 1 aromatic carbocycles. The number of halogens is 3. The summed E-state index contributed by atoms with van der Waals surface area (Å²) in [4.78, 5) is 0. The number of aryl methyl sites for hydroxylation is 2. The lowest BCUT2D eigenvalue weighted by atomic mass is 10.2. The number of aromatic nitrogens is 2. The molecule has 0 aliphatic carbocycles. The van der Waals surface area contributed by atoms with Crippen LogP contribution in [-0.4, -0.2) is 28.0 Å². The van der Waals surface area contributed by atoms with Gasteiger partial charge >= 0.3 is 6.61 Å². The van der Waals surface area contributed by atoms with Gasteiger partial charge in [0, 0.05) is 19.3 Å². The van der Waals surface area contributed by atoms with Crippen molar-refractivity contribution in [1.82, 2.24) is 15.1 Å². The predicted molar refractivity (Wildman–Crippen MR) is 96.6 cm³/mol. The van der Waals surface area contributed by atoms with E-state index < -0.39 is 6.61 Å². The molecule has 0 bridgehead atoms. The van der Waals surface area contributed by atoms with Gasteiger partial charge in [-0.15, -0.1) is 0 Å². The van der Waals surface area contributed by atoms with Crippen LogP contribution in [0.4, 0.5) is 14.5 Å². The normalized spacial score (nSPS) is 10.7. The van der Waals surface area contributed by atoms with E-state index in [0.29, 0.717) is 17.3 Å². The minimum Gasteiger partial charge on any atom is -0.433 e. The largest absolute Gasteiger partial charge is 0.433 e. The first-order chi connectivity index (χ1) is 11.4. The summed E-state index contributed by atoms with van der Waals surface area (Å²) in [5, 5.41) is 10.4. The molecule has 1 heterocycles. The van der Waals surface area contributed by atoms with E-state index in [1.54, 1.807) is 18.3 Å². The van der Waals surface area contributed by atoms with Crippen LogP contribution < -0.4 is 15.4 Å². The van der Waals surface area contributed by atoms with Crippen molar-refractivity contribution in [3.8, 4) is 5.75 Å². The van der Waals surface area contributed by atoms with Crippen LogP contribution in [-0.2, 0) is 6.54 Å². The van der Waals surface area contributed by atoms with Crippen LogP contribution in [0.1, 0.15) is 12.0 Å². The lowest BCUT2D eigenvalue weighted by Gasteiger charge is -2.15. The van der Waals surface area contributed by atoms with Gasteiger partial charge in [0.05, 0.1) is 16.4 Å². The van der Waals surface area contributed by atoms with Crippen molar-refractivity contribution in [2.75, 3.05) is 11.9 Å². The average Bonchev–Trinajstić information content (AvgIpc) is 2.92. The third kappa shape index (κ3) is 6.04. The summed E-state index contributed by atoms with van der Waals surface area (Å²) in [7, 11) is 0. The average molecular weight is 419 g/mol. The first-order valence-corrected chi connectivity index (χ1v) is 8.42. The third-order valence-corrected chi connectivity index (χ3v) is 3.71. The summed E-state index contributed by atoms with van der Waals surface area (Å²) in [6.45, 7) is 0.338. The molecule has 0 saturated heterocycles. The predicted octanol–water partition coefficient (Wildman–Crippen LogP) is 3.93. The number of benzene rings is 1. The highest BCUT2D eigenvalue weighted by atomic mass is 79.9. The van der Waals surface area contributed by atoms with E-state index in [2.05, 4.69) is 36.4 Å². The van der Waals surface area contributed by atoms with Crippen molar-refractivity contribution in [1.29, 1.82) is 0 Å². The van der Waals surface area contributed by atoms with Crippen LogP contribution in [0.2, 0.25) is 0 Å². The van der Waals surface area contributed by atoms with Gasteiger partial charge in [0.15, 0.2) is 5.11 Å². The van der Waals surface area contributed by atoms with E-state index in [-0.39, 0.29) is 5.75 Å². The van der Waals surface area contributed by atoms with E-state index in [1.807, 2.05) is 17.8 Å². The molecule has 0 saturated carbocycles. The van der Waals surface area contributed by atoms with Crippen LogP contribution in [0.5, 0.6) is 5.75 Å². The van der Waals surface area contributed by atoms with Crippen LogP contribution in [0, 0.1) is 6.92 Å². The molecule has 0 aliphatic rings. The lowest BCUT2D eigenvalue weighted by molar-refractivity contribution is -0.0493. The zero-order valence-electron chi connectivity index (χ0n) is 12.9. The van der Waals surface area contributed by atoms with E-state index in [4.69, 9.17) is 12.2 Å². The van der Waals surface area contributed by atoms with Crippen molar-refractivity contribution in [3.05, 3.63) is 40.6 Å². The highest BCUT2D eigenvalue weighted by Gasteiger charge is 2.11. The summed E-state index contributed by atoms with van der Waals surface area (Å²) < 4.78 is 32.1. The third-order valence-electron chi connectivity index (χ3n) is 3.05. The summed E-state index contributed by atoms with van der Waals surface area (Å²) in [5.41, 5.74) is 1.31. The van der Waals surface area contributed by atoms with Crippen molar-refractivity contribution < 1.29 is 13.5 Å². The molecular weight excluding hydrogens is 402 g/mol. The zero-order chi connectivity index (χ0) is 17.5. The number of rotatable bonds is 7. The second-order valence-electron chi connectivity index (χ2n) is 5.03. The molecule has 0 unspecified atom stereocenters. The summed E-state index contributed by atoms with van der Waals surface area (Å²) in [5.74, 6) is 0.0566. The Morgan fingerprint density at radius 2 is 2.25 bits per heavy atom. The number of alkyl halides is 2. The first kappa shape index (κ1) is 18.6. The van der Waals surface area contributed by atoms with Gasteiger partial charge in [-0.25, -0.2) is 0 Å². The summed E-state index contributed by atoms with van der Waals surface area (Å²) in [6, 6.07) is 4.89. The molecule has 2 N–H and O–H groups in total. The van der Waals surface area contributed by atoms with Gasteiger partial charge in [-0.3, -0.25) is 4.68 Å². The Morgan fingerprint density at radius 1 is 1.46 bits per heavy atom. The number of hydrogen-bond donors (Lipinski definition) is 2. The minimum absolute atomic E-state index is 0.0566. The van der Waals surface area contributed by atoms with E-state index in [1.165, 1.54) is 6.07 Å². The number of thiocarbonyl (C=S) groups is 1. The standard InChI is InChI=1S/C15H17BrF2N4OS/c1-10-3-4-13(23-14(17)18)12(7-10)21-15(24)19-5-2-6-22-9-11(16)8-20-22/h3-4,7-9,14H,2,5-6H2,1H3,(H2,19,21,24). The molecular formula is C15H17BrF2N4OS. The quantitative estimate of drug-likeness (QED) is 0.526.